The van der Waals surface area contributed by atoms with Crippen LogP contribution in [-0.2, 0) is 0 Å². The summed E-state index contributed by atoms with van der Waals surface area (Å²) in [6.45, 7) is 3.62. The first-order chi connectivity index (χ1) is 8.65. The highest BCUT2D eigenvalue weighted by Gasteiger charge is 2.35. The first-order valence-electron chi connectivity index (χ1n) is 7.13. The molecule has 0 spiro atoms. The fourth-order valence-electron chi connectivity index (χ4n) is 3.17. The molecule has 0 bridgehead atoms. The molecule has 2 aliphatic rings. The van der Waals surface area contributed by atoms with Crippen molar-refractivity contribution in [2.24, 2.45) is 5.41 Å². The topological polar surface area (TPSA) is 12.0 Å². The highest BCUT2D eigenvalue weighted by molar-refractivity contribution is 6.30. The van der Waals surface area contributed by atoms with Gasteiger partial charge in [-0.15, -0.1) is 0 Å². The molecule has 2 fully saturated rings. The average Bonchev–Trinajstić information content (AvgIpc) is 2.24. The van der Waals surface area contributed by atoms with Gasteiger partial charge in [0.15, 0.2) is 0 Å². The number of hydrogen-bond donors (Lipinski definition) is 1. The van der Waals surface area contributed by atoms with Crippen molar-refractivity contribution in [3.8, 4) is 0 Å². The van der Waals surface area contributed by atoms with Gasteiger partial charge in [0.2, 0.25) is 0 Å². The SMILES string of the molecule is CC1(CNC2CC(c3cccc(Cl)c3)C2)CCC1. The molecule has 3 rings (SSSR count). The fraction of sp³-hybridized carbons (Fsp3) is 0.625. The summed E-state index contributed by atoms with van der Waals surface area (Å²) in [6.07, 6.45) is 6.79. The van der Waals surface area contributed by atoms with Crippen LogP contribution in [0.3, 0.4) is 0 Å². The first-order valence-corrected chi connectivity index (χ1v) is 7.51. The number of nitrogens with one attached hydrogen (secondary N) is 1. The van der Waals surface area contributed by atoms with Crippen LogP contribution in [0.1, 0.15) is 50.5 Å². The molecule has 0 heterocycles. The lowest BCUT2D eigenvalue weighted by atomic mass is 9.69. The lowest BCUT2D eigenvalue weighted by Gasteiger charge is -2.43. The number of hydrogen-bond acceptors (Lipinski definition) is 1. The Balaban J connectivity index is 1.45. The van der Waals surface area contributed by atoms with E-state index in [4.69, 9.17) is 11.6 Å². The Hall–Kier alpha value is -0.530. The monoisotopic (exact) mass is 263 g/mol. The van der Waals surface area contributed by atoms with Crippen molar-refractivity contribution in [1.82, 2.24) is 5.32 Å². The van der Waals surface area contributed by atoms with Gasteiger partial charge < -0.3 is 5.32 Å². The quantitative estimate of drug-likeness (QED) is 0.851. The third-order valence-corrected chi connectivity index (χ3v) is 5.07. The molecule has 1 N–H and O–H groups in total. The minimum absolute atomic E-state index is 0.598. The van der Waals surface area contributed by atoms with Gasteiger partial charge in [0.25, 0.3) is 0 Å². The van der Waals surface area contributed by atoms with Gasteiger partial charge in [0.05, 0.1) is 0 Å². The standard InChI is InChI=1S/C16H22ClN/c1-16(6-3-7-16)11-18-15-9-13(10-15)12-4-2-5-14(17)8-12/h2,4-5,8,13,15,18H,3,6-7,9-11H2,1H3. The van der Waals surface area contributed by atoms with Gasteiger partial charge in [-0.2, -0.15) is 0 Å². The van der Waals surface area contributed by atoms with Crippen molar-refractivity contribution in [3.05, 3.63) is 34.9 Å². The van der Waals surface area contributed by atoms with E-state index in [2.05, 4.69) is 30.4 Å². The van der Waals surface area contributed by atoms with Gasteiger partial charge in [-0.3, -0.25) is 0 Å². The van der Waals surface area contributed by atoms with Crippen molar-refractivity contribution in [1.29, 1.82) is 0 Å². The third kappa shape index (κ3) is 2.57. The molecule has 1 aromatic rings. The normalized spacial score (nSPS) is 29.4. The summed E-state index contributed by atoms with van der Waals surface area (Å²) in [4.78, 5) is 0. The molecular formula is C16H22ClN. The smallest absolute Gasteiger partial charge is 0.0408 e. The van der Waals surface area contributed by atoms with Crippen LogP contribution in [0.4, 0.5) is 0 Å². The molecule has 0 aromatic heterocycles. The minimum Gasteiger partial charge on any atom is -0.313 e. The predicted molar refractivity (Wildman–Crippen MR) is 77.2 cm³/mol. The zero-order valence-electron chi connectivity index (χ0n) is 11.1. The molecule has 0 saturated heterocycles. The van der Waals surface area contributed by atoms with E-state index >= 15 is 0 Å². The van der Waals surface area contributed by atoms with E-state index in [9.17, 15) is 0 Å². The molecular weight excluding hydrogens is 242 g/mol. The highest BCUT2D eigenvalue weighted by Crippen LogP contribution is 2.41. The van der Waals surface area contributed by atoms with Gasteiger partial charge >= 0.3 is 0 Å². The summed E-state index contributed by atoms with van der Waals surface area (Å²) in [7, 11) is 0. The average molecular weight is 264 g/mol. The second kappa shape index (κ2) is 4.86. The summed E-state index contributed by atoms with van der Waals surface area (Å²) in [5, 5.41) is 4.61. The predicted octanol–water partition coefficient (Wildman–Crippen LogP) is 4.37. The van der Waals surface area contributed by atoms with Crippen LogP contribution in [-0.4, -0.2) is 12.6 Å². The molecule has 1 nitrogen and oxygen atoms in total. The number of halogens is 1. The maximum absolute atomic E-state index is 6.04. The van der Waals surface area contributed by atoms with Crippen molar-refractivity contribution in [2.75, 3.05) is 6.54 Å². The van der Waals surface area contributed by atoms with Crippen LogP contribution in [0.2, 0.25) is 5.02 Å². The number of rotatable bonds is 4. The van der Waals surface area contributed by atoms with Gasteiger partial charge in [0.1, 0.15) is 0 Å². The fourth-order valence-corrected chi connectivity index (χ4v) is 3.36. The minimum atomic E-state index is 0.598. The third-order valence-electron chi connectivity index (χ3n) is 4.84. The van der Waals surface area contributed by atoms with Crippen LogP contribution < -0.4 is 5.32 Å². The van der Waals surface area contributed by atoms with E-state index in [0.29, 0.717) is 5.41 Å². The summed E-state index contributed by atoms with van der Waals surface area (Å²) >= 11 is 6.04. The lowest BCUT2D eigenvalue weighted by Crippen LogP contribution is -2.46. The Bertz CT molecular complexity index is 419. The van der Waals surface area contributed by atoms with Crippen LogP contribution in [0, 0.1) is 5.41 Å². The molecule has 0 aliphatic heterocycles. The van der Waals surface area contributed by atoms with Crippen molar-refractivity contribution < 1.29 is 0 Å². The molecule has 0 atom stereocenters. The summed E-state index contributed by atoms with van der Waals surface area (Å²) in [5.74, 6) is 0.718. The van der Waals surface area contributed by atoms with E-state index in [0.717, 1.165) is 17.0 Å². The Labute approximate surface area is 115 Å². The lowest BCUT2D eigenvalue weighted by molar-refractivity contribution is 0.137. The molecule has 2 aliphatic carbocycles. The Morgan fingerprint density at radius 2 is 2.11 bits per heavy atom. The zero-order chi connectivity index (χ0) is 12.6. The Morgan fingerprint density at radius 3 is 2.72 bits per heavy atom. The van der Waals surface area contributed by atoms with Crippen molar-refractivity contribution >= 4 is 11.6 Å². The molecule has 0 amide bonds. The van der Waals surface area contributed by atoms with Gasteiger partial charge in [-0.05, 0) is 54.7 Å². The molecule has 0 unspecified atom stereocenters. The molecule has 0 radical (unpaired) electrons. The van der Waals surface area contributed by atoms with Crippen LogP contribution in [0.15, 0.2) is 24.3 Å². The second-order valence-corrected chi connectivity index (χ2v) is 6.90. The van der Waals surface area contributed by atoms with E-state index in [-0.39, 0.29) is 0 Å². The maximum atomic E-state index is 6.04. The van der Waals surface area contributed by atoms with Crippen molar-refractivity contribution in [3.63, 3.8) is 0 Å². The van der Waals surface area contributed by atoms with Gasteiger partial charge in [-0.1, -0.05) is 37.1 Å². The second-order valence-electron chi connectivity index (χ2n) is 6.47. The van der Waals surface area contributed by atoms with Crippen molar-refractivity contribution in [2.45, 2.75) is 51.0 Å². The largest absolute Gasteiger partial charge is 0.313 e. The Kier molecular flexibility index (Phi) is 3.38. The van der Waals surface area contributed by atoms with E-state index in [1.807, 2.05) is 6.07 Å². The van der Waals surface area contributed by atoms with E-state index in [1.54, 1.807) is 0 Å². The molecule has 2 heteroatoms. The van der Waals surface area contributed by atoms with E-state index < -0.39 is 0 Å². The molecule has 2 saturated carbocycles. The molecule has 18 heavy (non-hydrogen) atoms. The zero-order valence-corrected chi connectivity index (χ0v) is 11.8. The first kappa shape index (κ1) is 12.5. The van der Waals surface area contributed by atoms with Crippen LogP contribution in [0.25, 0.3) is 0 Å². The summed E-state index contributed by atoms with van der Waals surface area (Å²) < 4.78 is 0. The Morgan fingerprint density at radius 1 is 1.33 bits per heavy atom. The summed E-state index contributed by atoms with van der Waals surface area (Å²) in [6, 6.07) is 9.08. The summed E-state index contributed by atoms with van der Waals surface area (Å²) in [5.41, 5.74) is 2.01. The maximum Gasteiger partial charge on any atom is 0.0408 e. The van der Waals surface area contributed by atoms with Crippen LogP contribution in [0.5, 0.6) is 0 Å². The van der Waals surface area contributed by atoms with Gasteiger partial charge in [-0.25, -0.2) is 0 Å². The van der Waals surface area contributed by atoms with E-state index in [1.165, 1.54) is 44.2 Å². The van der Waals surface area contributed by atoms with Crippen LogP contribution >= 0.6 is 11.6 Å². The number of benzene rings is 1. The molecule has 98 valence electrons. The van der Waals surface area contributed by atoms with Gasteiger partial charge in [0, 0.05) is 17.6 Å². The molecule has 1 aromatic carbocycles. The highest BCUT2D eigenvalue weighted by atomic mass is 35.5.